The van der Waals surface area contributed by atoms with Gasteiger partial charge >= 0.3 is 0 Å². The number of carbonyl (C=O) groups is 1. The number of benzene rings is 3. The molecule has 172 valence electrons. The van der Waals surface area contributed by atoms with E-state index >= 15 is 0 Å². The van der Waals surface area contributed by atoms with Gasteiger partial charge in [0, 0.05) is 16.8 Å². The van der Waals surface area contributed by atoms with Crippen molar-refractivity contribution in [3.63, 3.8) is 0 Å². The number of ether oxygens (including phenoxy) is 3. The SMILES string of the molecule is COc1ccccc1-n1c(SCC(=O)Nc2ccc3c(c2)OCO3)nc2cc(Cl)ccc2c1=O. The molecule has 0 fully saturated rings. The highest BCUT2D eigenvalue weighted by molar-refractivity contribution is 7.99. The number of nitrogens with zero attached hydrogens (tertiary/aromatic N) is 2. The van der Waals surface area contributed by atoms with Crippen LogP contribution in [-0.2, 0) is 4.79 Å². The Bertz CT molecular complexity index is 1470. The van der Waals surface area contributed by atoms with Gasteiger partial charge in [-0.2, -0.15) is 0 Å². The maximum absolute atomic E-state index is 13.5. The van der Waals surface area contributed by atoms with E-state index in [1.807, 2.05) is 6.07 Å². The van der Waals surface area contributed by atoms with Crippen molar-refractivity contribution in [3.05, 3.63) is 76.0 Å². The van der Waals surface area contributed by atoms with Gasteiger partial charge in [0.1, 0.15) is 5.75 Å². The van der Waals surface area contributed by atoms with E-state index in [-0.39, 0.29) is 24.0 Å². The first-order valence-electron chi connectivity index (χ1n) is 10.2. The molecule has 1 aliphatic rings. The van der Waals surface area contributed by atoms with Gasteiger partial charge in [-0.05, 0) is 42.5 Å². The summed E-state index contributed by atoms with van der Waals surface area (Å²) in [5, 5.41) is 4.04. The van der Waals surface area contributed by atoms with E-state index in [2.05, 4.69) is 10.3 Å². The highest BCUT2D eigenvalue weighted by Gasteiger charge is 2.18. The maximum atomic E-state index is 13.5. The van der Waals surface area contributed by atoms with E-state index in [0.29, 0.717) is 49.7 Å². The Morgan fingerprint density at radius 1 is 1.15 bits per heavy atom. The number of hydrogen-bond donors (Lipinski definition) is 1. The second-order valence-electron chi connectivity index (χ2n) is 7.27. The van der Waals surface area contributed by atoms with E-state index in [1.165, 1.54) is 11.7 Å². The fourth-order valence-corrected chi connectivity index (χ4v) is 4.54. The molecule has 3 aromatic carbocycles. The van der Waals surface area contributed by atoms with Gasteiger partial charge < -0.3 is 19.5 Å². The first-order chi connectivity index (χ1) is 16.5. The van der Waals surface area contributed by atoms with Crippen LogP contribution in [0.1, 0.15) is 0 Å². The van der Waals surface area contributed by atoms with Crippen LogP contribution in [0.4, 0.5) is 5.69 Å². The Morgan fingerprint density at radius 3 is 2.82 bits per heavy atom. The van der Waals surface area contributed by atoms with Crippen LogP contribution in [0, 0.1) is 0 Å². The molecule has 1 N–H and O–H groups in total. The molecule has 0 saturated heterocycles. The molecule has 0 unspecified atom stereocenters. The van der Waals surface area contributed by atoms with Gasteiger partial charge in [0.15, 0.2) is 16.7 Å². The Hall–Kier alpha value is -3.69. The Balaban J connectivity index is 1.48. The topological polar surface area (TPSA) is 91.7 Å². The van der Waals surface area contributed by atoms with Crippen molar-refractivity contribution >= 4 is 45.9 Å². The lowest BCUT2D eigenvalue weighted by atomic mass is 10.2. The number of hydrogen-bond acceptors (Lipinski definition) is 7. The average molecular weight is 496 g/mol. The molecule has 2 heterocycles. The van der Waals surface area contributed by atoms with Crippen LogP contribution in [0.5, 0.6) is 17.2 Å². The summed E-state index contributed by atoms with van der Waals surface area (Å²) >= 11 is 7.26. The number of rotatable bonds is 6. The second kappa shape index (κ2) is 9.28. The van der Waals surface area contributed by atoms with Crippen molar-refractivity contribution in [3.8, 4) is 22.9 Å². The van der Waals surface area contributed by atoms with Gasteiger partial charge in [-0.1, -0.05) is 35.5 Å². The van der Waals surface area contributed by atoms with Crippen LogP contribution in [-0.4, -0.2) is 35.1 Å². The Kier molecular flexibility index (Phi) is 6.04. The lowest BCUT2D eigenvalue weighted by molar-refractivity contribution is -0.113. The summed E-state index contributed by atoms with van der Waals surface area (Å²) in [5.74, 6) is 1.46. The third kappa shape index (κ3) is 4.27. The van der Waals surface area contributed by atoms with Gasteiger partial charge in [-0.3, -0.25) is 14.2 Å². The third-order valence-electron chi connectivity index (χ3n) is 5.12. The molecule has 10 heteroatoms. The molecule has 34 heavy (non-hydrogen) atoms. The lowest BCUT2D eigenvalue weighted by Crippen LogP contribution is -2.23. The van der Waals surface area contributed by atoms with Crippen molar-refractivity contribution < 1.29 is 19.0 Å². The summed E-state index contributed by atoms with van der Waals surface area (Å²) in [6, 6.07) is 17.2. The largest absolute Gasteiger partial charge is 0.495 e. The van der Waals surface area contributed by atoms with Crippen molar-refractivity contribution in [2.75, 3.05) is 25.0 Å². The molecule has 0 radical (unpaired) electrons. The molecule has 0 atom stereocenters. The smallest absolute Gasteiger partial charge is 0.266 e. The van der Waals surface area contributed by atoms with E-state index in [4.69, 9.17) is 25.8 Å². The normalized spacial score (nSPS) is 12.1. The fourth-order valence-electron chi connectivity index (χ4n) is 3.56. The molecular formula is C24H18ClN3O5S. The molecule has 4 aromatic rings. The second-order valence-corrected chi connectivity index (χ2v) is 8.65. The highest BCUT2D eigenvalue weighted by Crippen LogP contribution is 2.34. The molecule has 0 spiro atoms. The summed E-state index contributed by atoms with van der Waals surface area (Å²) in [4.78, 5) is 30.8. The van der Waals surface area contributed by atoms with Crippen molar-refractivity contribution in [2.45, 2.75) is 5.16 Å². The van der Waals surface area contributed by atoms with E-state index < -0.39 is 0 Å². The lowest BCUT2D eigenvalue weighted by Gasteiger charge is -2.15. The van der Waals surface area contributed by atoms with Gasteiger partial charge in [-0.25, -0.2) is 4.98 Å². The number of fused-ring (bicyclic) bond motifs is 2. The average Bonchev–Trinajstić information content (AvgIpc) is 3.30. The standard InChI is InChI=1S/C24H18ClN3O5S/c1-31-19-5-3-2-4-18(19)28-23(30)16-8-6-14(25)10-17(16)27-24(28)34-12-22(29)26-15-7-9-20-21(11-15)33-13-32-20/h2-11H,12-13H2,1H3,(H,26,29). The first kappa shape index (κ1) is 22.1. The monoisotopic (exact) mass is 495 g/mol. The van der Waals surface area contributed by atoms with Crippen LogP contribution in [0.25, 0.3) is 16.6 Å². The van der Waals surface area contributed by atoms with Crippen LogP contribution < -0.4 is 25.1 Å². The van der Waals surface area contributed by atoms with Crippen LogP contribution in [0.15, 0.2) is 70.6 Å². The number of methoxy groups -OCH3 is 1. The van der Waals surface area contributed by atoms with Gasteiger partial charge in [0.05, 0.1) is 29.5 Å². The molecule has 0 aliphatic carbocycles. The summed E-state index contributed by atoms with van der Waals surface area (Å²) in [5.41, 5.74) is 1.26. The van der Waals surface area contributed by atoms with Crippen molar-refractivity contribution in [1.82, 2.24) is 9.55 Å². The number of nitrogens with one attached hydrogen (secondary N) is 1. The minimum atomic E-state index is -0.287. The quantitative estimate of drug-likeness (QED) is 0.311. The molecule has 0 saturated carbocycles. The zero-order valence-electron chi connectivity index (χ0n) is 17.9. The van der Waals surface area contributed by atoms with Crippen LogP contribution in [0.3, 0.4) is 0 Å². The summed E-state index contributed by atoms with van der Waals surface area (Å²) in [6.07, 6.45) is 0. The number of halogens is 1. The summed E-state index contributed by atoms with van der Waals surface area (Å²) in [7, 11) is 1.53. The van der Waals surface area contributed by atoms with E-state index in [9.17, 15) is 9.59 Å². The molecule has 5 rings (SSSR count). The molecule has 8 nitrogen and oxygen atoms in total. The zero-order valence-corrected chi connectivity index (χ0v) is 19.5. The molecule has 1 aromatic heterocycles. The van der Waals surface area contributed by atoms with E-state index in [1.54, 1.807) is 54.6 Å². The van der Waals surface area contributed by atoms with Gasteiger partial charge in [-0.15, -0.1) is 0 Å². The third-order valence-corrected chi connectivity index (χ3v) is 6.29. The summed E-state index contributed by atoms with van der Waals surface area (Å²) < 4.78 is 17.6. The minimum Gasteiger partial charge on any atom is -0.495 e. The number of anilines is 1. The number of carbonyl (C=O) groups excluding carboxylic acids is 1. The van der Waals surface area contributed by atoms with Crippen molar-refractivity contribution in [1.29, 1.82) is 0 Å². The van der Waals surface area contributed by atoms with Gasteiger partial charge in [0.25, 0.3) is 5.56 Å². The summed E-state index contributed by atoms with van der Waals surface area (Å²) in [6.45, 7) is 0.153. The highest BCUT2D eigenvalue weighted by atomic mass is 35.5. The maximum Gasteiger partial charge on any atom is 0.266 e. The molecule has 1 aliphatic heterocycles. The number of thioether (sulfide) groups is 1. The minimum absolute atomic E-state index is 0.0160. The zero-order chi connectivity index (χ0) is 23.7. The fraction of sp³-hybridized carbons (Fsp3) is 0.125. The Morgan fingerprint density at radius 2 is 1.97 bits per heavy atom. The predicted molar refractivity (Wildman–Crippen MR) is 131 cm³/mol. The van der Waals surface area contributed by atoms with Crippen molar-refractivity contribution in [2.24, 2.45) is 0 Å². The number of para-hydroxylation sites is 2. The van der Waals surface area contributed by atoms with Crippen LogP contribution >= 0.6 is 23.4 Å². The predicted octanol–water partition coefficient (Wildman–Crippen LogP) is 4.51. The Labute approximate surface area is 203 Å². The van der Waals surface area contributed by atoms with Gasteiger partial charge in [0.2, 0.25) is 12.7 Å². The number of amides is 1. The number of aromatic nitrogens is 2. The van der Waals surface area contributed by atoms with Crippen LogP contribution in [0.2, 0.25) is 5.02 Å². The van der Waals surface area contributed by atoms with E-state index in [0.717, 1.165) is 11.8 Å². The molecular weight excluding hydrogens is 478 g/mol. The molecule has 1 amide bonds. The molecule has 0 bridgehead atoms. The first-order valence-corrected chi connectivity index (χ1v) is 11.6.